The highest BCUT2D eigenvalue weighted by Crippen LogP contribution is 2.28. The number of nitrogens with one attached hydrogen (secondary N) is 1. The Morgan fingerprint density at radius 3 is 2.53 bits per heavy atom. The molecule has 1 N–H and O–H groups in total. The SMILES string of the molecule is COc1ccc(CCC(=O)N(Cc2nc3ccccc3c(=O)[nH]2)C(C)C)cc1OC. The summed E-state index contributed by atoms with van der Waals surface area (Å²) in [6, 6.07) is 12.8. The molecule has 0 spiro atoms. The molecular formula is C23H27N3O4. The third kappa shape index (κ3) is 4.79. The summed E-state index contributed by atoms with van der Waals surface area (Å²) in [6.07, 6.45) is 0.912. The van der Waals surface area contributed by atoms with Crippen molar-refractivity contribution in [2.24, 2.45) is 0 Å². The van der Waals surface area contributed by atoms with Crippen LogP contribution in [0.2, 0.25) is 0 Å². The molecule has 7 heteroatoms. The molecule has 0 aliphatic heterocycles. The molecule has 1 amide bonds. The summed E-state index contributed by atoms with van der Waals surface area (Å²) in [4.78, 5) is 34.3. The third-order valence-corrected chi connectivity index (χ3v) is 5.00. The van der Waals surface area contributed by atoms with Gasteiger partial charge in [0.25, 0.3) is 5.56 Å². The summed E-state index contributed by atoms with van der Waals surface area (Å²) in [5, 5.41) is 0.539. The number of H-pyrrole nitrogens is 1. The van der Waals surface area contributed by atoms with Crippen LogP contribution in [0.25, 0.3) is 10.9 Å². The maximum absolute atomic E-state index is 12.9. The van der Waals surface area contributed by atoms with Gasteiger partial charge in [-0.25, -0.2) is 4.98 Å². The molecule has 0 unspecified atom stereocenters. The molecule has 30 heavy (non-hydrogen) atoms. The molecule has 0 saturated heterocycles. The molecule has 0 radical (unpaired) electrons. The molecule has 0 bridgehead atoms. The van der Waals surface area contributed by atoms with Gasteiger partial charge in [0, 0.05) is 12.5 Å². The summed E-state index contributed by atoms with van der Waals surface area (Å²) in [5.41, 5.74) is 1.41. The van der Waals surface area contributed by atoms with E-state index in [-0.39, 0.29) is 24.1 Å². The summed E-state index contributed by atoms with van der Waals surface area (Å²) in [6.45, 7) is 4.16. The molecule has 1 heterocycles. The van der Waals surface area contributed by atoms with Crippen LogP contribution in [0.1, 0.15) is 31.7 Å². The van der Waals surface area contributed by atoms with Gasteiger partial charge in [0.1, 0.15) is 5.82 Å². The Morgan fingerprint density at radius 2 is 1.83 bits per heavy atom. The molecule has 3 aromatic rings. The quantitative estimate of drug-likeness (QED) is 0.617. The summed E-state index contributed by atoms with van der Waals surface area (Å²) < 4.78 is 10.6. The number of aromatic amines is 1. The molecule has 3 rings (SSSR count). The smallest absolute Gasteiger partial charge is 0.258 e. The predicted molar refractivity (Wildman–Crippen MR) is 116 cm³/mol. The van der Waals surface area contributed by atoms with Crippen molar-refractivity contribution in [2.75, 3.05) is 14.2 Å². The van der Waals surface area contributed by atoms with Crippen LogP contribution in [0.15, 0.2) is 47.3 Å². The monoisotopic (exact) mass is 409 g/mol. The number of amides is 1. The topological polar surface area (TPSA) is 84.5 Å². The number of benzene rings is 2. The van der Waals surface area contributed by atoms with Crippen molar-refractivity contribution >= 4 is 16.8 Å². The van der Waals surface area contributed by atoms with E-state index >= 15 is 0 Å². The summed E-state index contributed by atoms with van der Waals surface area (Å²) >= 11 is 0. The van der Waals surface area contributed by atoms with Crippen molar-refractivity contribution in [3.05, 3.63) is 64.2 Å². The van der Waals surface area contributed by atoms with Gasteiger partial charge in [-0.1, -0.05) is 18.2 Å². The van der Waals surface area contributed by atoms with E-state index in [1.807, 2.05) is 38.1 Å². The molecule has 7 nitrogen and oxygen atoms in total. The average molecular weight is 409 g/mol. The Kier molecular flexibility index (Phi) is 6.72. The lowest BCUT2D eigenvalue weighted by atomic mass is 10.1. The van der Waals surface area contributed by atoms with Gasteiger partial charge < -0.3 is 19.4 Å². The maximum Gasteiger partial charge on any atom is 0.258 e. The first kappa shape index (κ1) is 21.4. The van der Waals surface area contributed by atoms with Crippen LogP contribution in [-0.4, -0.2) is 41.0 Å². The standard InChI is InChI=1S/C23H27N3O4/c1-15(2)26(14-21-24-18-8-6-5-7-17(18)23(28)25-21)22(27)12-10-16-9-11-19(29-3)20(13-16)30-4/h5-9,11,13,15H,10,12,14H2,1-4H3,(H,24,25,28). The Labute approximate surface area is 175 Å². The fourth-order valence-corrected chi connectivity index (χ4v) is 3.36. The first-order valence-corrected chi connectivity index (χ1v) is 9.91. The second-order valence-electron chi connectivity index (χ2n) is 7.33. The van der Waals surface area contributed by atoms with E-state index < -0.39 is 0 Å². The van der Waals surface area contributed by atoms with Crippen LogP contribution in [0.5, 0.6) is 11.5 Å². The molecule has 158 valence electrons. The first-order chi connectivity index (χ1) is 14.4. The van der Waals surface area contributed by atoms with Crippen LogP contribution < -0.4 is 15.0 Å². The predicted octanol–water partition coefficient (Wildman–Crippen LogP) is 3.31. The Balaban J connectivity index is 1.73. The number of carbonyl (C=O) groups excluding carboxylic acids is 1. The molecular weight excluding hydrogens is 382 g/mol. The molecule has 0 aliphatic rings. The lowest BCUT2D eigenvalue weighted by Gasteiger charge is -2.26. The van der Waals surface area contributed by atoms with Crippen molar-refractivity contribution in [1.29, 1.82) is 0 Å². The highest BCUT2D eigenvalue weighted by molar-refractivity contribution is 5.78. The lowest BCUT2D eigenvalue weighted by Crippen LogP contribution is -2.37. The zero-order valence-electron chi connectivity index (χ0n) is 17.8. The average Bonchev–Trinajstić information content (AvgIpc) is 2.75. The van der Waals surface area contributed by atoms with Crippen molar-refractivity contribution in [1.82, 2.24) is 14.9 Å². The number of hydrogen-bond donors (Lipinski definition) is 1. The number of nitrogens with zero attached hydrogens (tertiary/aromatic N) is 2. The van der Waals surface area contributed by atoms with Crippen molar-refractivity contribution in [3.8, 4) is 11.5 Å². The van der Waals surface area contributed by atoms with Crippen LogP contribution in [-0.2, 0) is 17.8 Å². The maximum atomic E-state index is 12.9. The molecule has 2 aromatic carbocycles. The van der Waals surface area contributed by atoms with E-state index in [9.17, 15) is 9.59 Å². The van der Waals surface area contributed by atoms with Crippen LogP contribution in [0.4, 0.5) is 0 Å². The fraction of sp³-hybridized carbons (Fsp3) is 0.348. The van der Waals surface area contributed by atoms with Crippen LogP contribution >= 0.6 is 0 Å². The Morgan fingerprint density at radius 1 is 1.10 bits per heavy atom. The number of ether oxygens (including phenoxy) is 2. The van der Waals surface area contributed by atoms with Gasteiger partial charge >= 0.3 is 0 Å². The molecule has 0 fully saturated rings. The van der Waals surface area contributed by atoms with Crippen LogP contribution in [0, 0.1) is 0 Å². The highest BCUT2D eigenvalue weighted by atomic mass is 16.5. The minimum atomic E-state index is -0.197. The van der Waals surface area contributed by atoms with E-state index in [0.717, 1.165) is 5.56 Å². The van der Waals surface area contributed by atoms with Gasteiger partial charge in [0.05, 0.1) is 31.7 Å². The minimum Gasteiger partial charge on any atom is -0.493 e. The lowest BCUT2D eigenvalue weighted by molar-refractivity contribution is -0.133. The Bertz CT molecular complexity index is 1090. The number of fused-ring (bicyclic) bond motifs is 1. The van der Waals surface area contributed by atoms with Gasteiger partial charge in [-0.15, -0.1) is 0 Å². The highest BCUT2D eigenvalue weighted by Gasteiger charge is 2.19. The Hall–Kier alpha value is -3.35. The number of methoxy groups -OCH3 is 2. The largest absolute Gasteiger partial charge is 0.493 e. The number of carbonyl (C=O) groups is 1. The molecule has 0 aliphatic carbocycles. The molecule has 0 saturated carbocycles. The van der Waals surface area contributed by atoms with E-state index in [2.05, 4.69) is 9.97 Å². The number of aromatic nitrogens is 2. The van der Waals surface area contributed by atoms with Gasteiger partial charge in [0.2, 0.25) is 5.91 Å². The molecule has 0 atom stereocenters. The van der Waals surface area contributed by atoms with Gasteiger partial charge in [-0.05, 0) is 50.1 Å². The zero-order chi connectivity index (χ0) is 21.7. The minimum absolute atomic E-state index is 0.00408. The van der Waals surface area contributed by atoms with Gasteiger partial charge in [0.15, 0.2) is 11.5 Å². The second kappa shape index (κ2) is 9.43. The van der Waals surface area contributed by atoms with Crippen molar-refractivity contribution < 1.29 is 14.3 Å². The first-order valence-electron chi connectivity index (χ1n) is 9.91. The summed E-state index contributed by atoms with van der Waals surface area (Å²) in [5.74, 6) is 1.77. The fourth-order valence-electron chi connectivity index (χ4n) is 3.36. The number of rotatable bonds is 8. The van der Waals surface area contributed by atoms with Crippen molar-refractivity contribution in [2.45, 2.75) is 39.3 Å². The van der Waals surface area contributed by atoms with E-state index in [1.54, 1.807) is 37.3 Å². The second-order valence-corrected chi connectivity index (χ2v) is 7.33. The van der Waals surface area contributed by atoms with Crippen molar-refractivity contribution in [3.63, 3.8) is 0 Å². The number of para-hydroxylation sites is 1. The van der Waals surface area contributed by atoms with E-state index in [0.29, 0.717) is 41.1 Å². The zero-order valence-corrected chi connectivity index (χ0v) is 17.8. The van der Waals surface area contributed by atoms with E-state index in [1.165, 1.54) is 0 Å². The van der Waals surface area contributed by atoms with Crippen LogP contribution in [0.3, 0.4) is 0 Å². The summed E-state index contributed by atoms with van der Waals surface area (Å²) in [7, 11) is 3.18. The van der Waals surface area contributed by atoms with Gasteiger partial charge in [-0.2, -0.15) is 0 Å². The number of aryl methyl sites for hydroxylation is 1. The number of hydrogen-bond acceptors (Lipinski definition) is 5. The molecule has 1 aromatic heterocycles. The normalized spacial score (nSPS) is 11.0. The third-order valence-electron chi connectivity index (χ3n) is 5.00. The van der Waals surface area contributed by atoms with E-state index in [4.69, 9.17) is 9.47 Å². The van der Waals surface area contributed by atoms with Gasteiger partial charge in [-0.3, -0.25) is 9.59 Å².